The number of aromatic amines is 1. The predicted molar refractivity (Wildman–Crippen MR) is 77.6 cm³/mol. The third-order valence-electron chi connectivity index (χ3n) is 2.95. The van der Waals surface area contributed by atoms with E-state index in [-0.39, 0.29) is 16.7 Å². The normalized spacial score (nSPS) is 10.2. The van der Waals surface area contributed by atoms with Crippen molar-refractivity contribution in [3.05, 3.63) is 67.6 Å². The van der Waals surface area contributed by atoms with Gasteiger partial charge in [0.05, 0.1) is 4.92 Å². The summed E-state index contributed by atoms with van der Waals surface area (Å²) in [5.74, 6) is -0.565. The highest BCUT2D eigenvalue weighted by Gasteiger charge is 2.14. The number of pyridine rings is 1. The van der Waals surface area contributed by atoms with E-state index in [1.807, 2.05) is 0 Å². The quantitative estimate of drug-likeness (QED) is 0.666. The molecule has 2 aromatic rings. The highest BCUT2D eigenvalue weighted by Crippen LogP contribution is 2.21. The first-order valence-corrected chi connectivity index (χ1v) is 6.14. The number of carbonyl (C=O) groups is 1. The molecule has 0 unspecified atom stereocenters. The van der Waals surface area contributed by atoms with Crippen LogP contribution in [0.15, 0.2) is 35.3 Å². The molecule has 2 N–H and O–H groups in total. The lowest BCUT2D eigenvalue weighted by Gasteiger charge is -2.06. The molecule has 2 rings (SSSR count). The number of nitro groups is 1. The summed E-state index contributed by atoms with van der Waals surface area (Å²) in [6.45, 7) is 3.29. The van der Waals surface area contributed by atoms with Gasteiger partial charge in [0.1, 0.15) is 5.56 Å². The number of amides is 1. The van der Waals surface area contributed by atoms with Crippen LogP contribution in [0.25, 0.3) is 0 Å². The minimum atomic E-state index is -0.565. The zero-order chi connectivity index (χ0) is 15.6. The molecule has 21 heavy (non-hydrogen) atoms. The fraction of sp³-hybridized carbons (Fsp3) is 0.143. The number of nitrogens with zero attached hydrogens (tertiary/aromatic N) is 1. The molecule has 0 aliphatic rings. The Morgan fingerprint density at radius 1 is 1.29 bits per heavy atom. The first-order valence-electron chi connectivity index (χ1n) is 6.14. The van der Waals surface area contributed by atoms with E-state index < -0.39 is 10.8 Å². The van der Waals surface area contributed by atoms with Crippen LogP contribution in [0.4, 0.5) is 11.4 Å². The standard InChI is InChI=1S/C14H13N3O4/c1-8-5-10(3-4-12(8)17(20)21)16-14(19)11-7-15-9(2)6-13(11)18/h3-7H,1-2H3,(H,15,18)(H,16,19). The van der Waals surface area contributed by atoms with Crippen LogP contribution in [-0.2, 0) is 0 Å². The number of H-pyrrole nitrogens is 1. The summed E-state index contributed by atoms with van der Waals surface area (Å²) in [6, 6.07) is 5.55. The Morgan fingerprint density at radius 2 is 2.00 bits per heavy atom. The molecule has 0 spiro atoms. The van der Waals surface area contributed by atoms with Crippen molar-refractivity contribution in [1.82, 2.24) is 4.98 Å². The minimum Gasteiger partial charge on any atom is -0.364 e. The molecule has 0 aliphatic heterocycles. The van der Waals surface area contributed by atoms with Gasteiger partial charge in [0, 0.05) is 35.3 Å². The second kappa shape index (κ2) is 5.58. The molecule has 1 aromatic heterocycles. The number of hydrogen-bond acceptors (Lipinski definition) is 4. The van der Waals surface area contributed by atoms with Crippen LogP contribution in [0.1, 0.15) is 21.6 Å². The van der Waals surface area contributed by atoms with Gasteiger partial charge in [-0.2, -0.15) is 0 Å². The topological polar surface area (TPSA) is 105 Å². The number of nitro benzene ring substituents is 1. The van der Waals surface area contributed by atoms with Crippen LogP contribution in [0, 0.1) is 24.0 Å². The Kier molecular flexibility index (Phi) is 3.84. The maximum absolute atomic E-state index is 12.0. The van der Waals surface area contributed by atoms with E-state index in [4.69, 9.17) is 0 Å². The highest BCUT2D eigenvalue weighted by molar-refractivity contribution is 6.04. The number of anilines is 1. The zero-order valence-electron chi connectivity index (χ0n) is 11.5. The molecule has 0 saturated heterocycles. The van der Waals surface area contributed by atoms with Gasteiger partial charge >= 0.3 is 0 Å². The lowest BCUT2D eigenvalue weighted by atomic mass is 10.1. The largest absolute Gasteiger partial charge is 0.364 e. The molecule has 1 aromatic carbocycles. The first-order chi connectivity index (χ1) is 9.88. The van der Waals surface area contributed by atoms with Gasteiger partial charge in [-0.1, -0.05) is 0 Å². The van der Waals surface area contributed by atoms with E-state index in [0.29, 0.717) is 16.9 Å². The molecule has 0 radical (unpaired) electrons. The van der Waals surface area contributed by atoms with Gasteiger partial charge in [0.2, 0.25) is 0 Å². The average Bonchev–Trinajstić information content (AvgIpc) is 2.37. The molecule has 0 bridgehead atoms. The maximum atomic E-state index is 12.0. The van der Waals surface area contributed by atoms with Crippen LogP contribution in [-0.4, -0.2) is 15.8 Å². The maximum Gasteiger partial charge on any atom is 0.272 e. The van der Waals surface area contributed by atoms with Gasteiger partial charge in [-0.3, -0.25) is 19.7 Å². The third kappa shape index (κ3) is 3.14. The lowest BCUT2D eigenvalue weighted by molar-refractivity contribution is -0.385. The van der Waals surface area contributed by atoms with Gasteiger partial charge in [0.15, 0.2) is 5.43 Å². The van der Waals surface area contributed by atoms with E-state index in [2.05, 4.69) is 10.3 Å². The number of aromatic nitrogens is 1. The monoisotopic (exact) mass is 287 g/mol. The van der Waals surface area contributed by atoms with E-state index in [9.17, 15) is 19.7 Å². The Bertz CT molecular complexity index is 780. The molecule has 0 saturated carbocycles. The number of rotatable bonds is 3. The summed E-state index contributed by atoms with van der Waals surface area (Å²) < 4.78 is 0. The summed E-state index contributed by atoms with van der Waals surface area (Å²) in [7, 11) is 0. The van der Waals surface area contributed by atoms with Crippen molar-refractivity contribution in [3.63, 3.8) is 0 Å². The van der Waals surface area contributed by atoms with E-state index in [0.717, 1.165) is 0 Å². The van der Waals surface area contributed by atoms with Crippen LogP contribution in [0.2, 0.25) is 0 Å². The number of aryl methyl sites for hydroxylation is 2. The molecule has 0 aliphatic carbocycles. The molecule has 1 heterocycles. The molecule has 7 heteroatoms. The Hall–Kier alpha value is -2.96. The molecule has 7 nitrogen and oxygen atoms in total. The number of hydrogen-bond donors (Lipinski definition) is 2. The van der Waals surface area contributed by atoms with E-state index >= 15 is 0 Å². The molecular weight excluding hydrogens is 274 g/mol. The first kappa shape index (κ1) is 14.4. The Balaban J connectivity index is 2.26. The molecule has 0 atom stereocenters. The smallest absolute Gasteiger partial charge is 0.272 e. The zero-order valence-corrected chi connectivity index (χ0v) is 11.5. The third-order valence-corrected chi connectivity index (χ3v) is 2.95. The van der Waals surface area contributed by atoms with Crippen molar-refractivity contribution in [2.24, 2.45) is 0 Å². The summed E-state index contributed by atoms with van der Waals surface area (Å²) in [4.78, 5) is 36.7. The van der Waals surface area contributed by atoms with Gasteiger partial charge in [-0.05, 0) is 26.0 Å². The molecule has 1 amide bonds. The van der Waals surface area contributed by atoms with E-state index in [1.165, 1.54) is 30.5 Å². The van der Waals surface area contributed by atoms with Crippen molar-refractivity contribution >= 4 is 17.3 Å². The number of nitrogens with one attached hydrogen (secondary N) is 2. The summed E-state index contributed by atoms with van der Waals surface area (Å²) in [5, 5.41) is 13.3. The van der Waals surface area contributed by atoms with Crippen molar-refractivity contribution in [3.8, 4) is 0 Å². The van der Waals surface area contributed by atoms with Crippen molar-refractivity contribution in [2.45, 2.75) is 13.8 Å². The fourth-order valence-corrected chi connectivity index (χ4v) is 1.89. The van der Waals surface area contributed by atoms with Crippen LogP contribution < -0.4 is 10.7 Å². The van der Waals surface area contributed by atoms with Gasteiger partial charge in [-0.15, -0.1) is 0 Å². The SMILES string of the molecule is Cc1cc(=O)c(C(=O)Nc2ccc([N+](=O)[O-])c(C)c2)c[nH]1. The van der Waals surface area contributed by atoms with Crippen LogP contribution in [0.5, 0.6) is 0 Å². The lowest BCUT2D eigenvalue weighted by Crippen LogP contribution is -2.21. The molecular formula is C14H13N3O4. The van der Waals surface area contributed by atoms with Crippen molar-refractivity contribution in [1.29, 1.82) is 0 Å². The highest BCUT2D eigenvalue weighted by atomic mass is 16.6. The Morgan fingerprint density at radius 3 is 2.57 bits per heavy atom. The Labute approximate surface area is 119 Å². The van der Waals surface area contributed by atoms with Gasteiger partial charge < -0.3 is 10.3 Å². The summed E-state index contributed by atoms with van der Waals surface area (Å²) in [6.07, 6.45) is 1.34. The average molecular weight is 287 g/mol. The molecule has 108 valence electrons. The van der Waals surface area contributed by atoms with Gasteiger partial charge in [-0.25, -0.2) is 0 Å². The minimum absolute atomic E-state index is 0.0170. The second-order valence-corrected chi connectivity index (χ2v) is 4.61. The van der Waals surface area contributed by atoms with Crippen molar-refractivity contribution in [2.75, 3.05) is 5.32 Å². The summed E-state index contributed by atoms with van der Waals surface area (Å²) in [5.41, 5.74) is 1.04. The molecule has 0 fully saturated rings. The van der Waals surface area contributed by atoms with Crippen LogP contribution in [0.3, 0.4) is 0 Å². The summed E-state index contributed by atoms with van der Waals surface area (Å²) >= 11 is 0. The number of carbonyl (C=O) groups excluding carboxylic acids is 1. The fourth-order valence-electron chi connectivity index (χ4n) is 1.89. The van der Waals surface area contributed by atoms with Gasteiger partial charge in [0.25, 0.3) is 11.6 Å². The number of benzene rings is 1. The van der Waals surface area contributed by atoms with Crippen molar-refractivity contribution < 1.29 is 9.72 Å². The second-order valence-electron chi connectivity index (χ2n) is 4.61. The van der Waals surface area contributed by atoms with Crippen LogP contribution >= 0.6 is 0 Å². The van der Waals surface area contributed by atoms with E-state index in [1.54, 1.807) is 13.8 Å². The predicted octanol–water partition coefficient (Wildman–Crippen LogP) is 2.15.